The van der Waals surface area contributed by atoms with Crippen LogP contribution in [0, 0.1) is 0 Å². The van der Waals surface area contributed by atoms with Crippen molar-refractivity contribution in [2.45, 2.75) is 64.0 Å². The van der Waals surface area contributed by atoms with E-state index in [4.69, 9.17) is 4.74 Å². The number of nitrogens with one attached hydrogen (secondary N) is 1. The monoisotopic (exact) mass is 353 g/mol. The highest BCUT2D eigenvalue weighted by Gasteiger charge is 2.21. The predicted molar refractivity (Wildman–Crippen MR) is 103 cm³/mol. The summed E-state index contributed by atoms with van der Waals surface area (Å²) in [7, 11) is 0. The molecule has 1 saturated carbocycles. The summed E-state index contributed by atoms with van der Waals surface area (Å²) in [6.45, 7) is 1.64. The Balaban J connectivity index is 1.51. The van der Waals surface area contributed by atoms with Gasteiger partial charge in [-0.15, -0.1) is 0 Å². The van der Waals surface area contributed by atoms with Crippen LogP contribution in [0.2, 0.25) is 0 Å². The fraction of sp³-hybridized carbons (Fsp3) is 0.455. The van der Waals surface area contributed by atoms with E-state index in [2.05, 4.69) is 5.32 Å². The number of hydrogen-bond donors (Lipinski definition) is 1. The van der Waals surface area contributed by atoms with Crippen molar-refractivity contribution in [2.24, 2.45) is 0 Å². The van der Waals surface area contributed by atoms with E-state index in [0.29, 0.717) is 0 Å². The zero-order valence-corrected chi connectivity index (χ0v) is 15.4. The molecule has 2 aromatic carbocycles. The minimum atomic E-state index is -0.758. The lowest BCUT2D eigenvalue weighted by molar-refractivity contribution is -0.154. The van der Waals surface area contributed by atoms with Crippen molar-refractivity contribution < 1.29 is 14.3 Å². The van der Waals surface area contributed by atoms with Crippen LogP contribution in [0.4, 0.5) is 0 Å². The van der Waals surface area contributed by atoms with Gasteiger partial charge in [0.15, 0.2) is 6.10 Å². The smallest absolute Gasteiger partial charge is 0.311 e. The molecule has 3 rings (SSSR count). The zero-order chi connectivity index (χ0) is 18.4. The van der Waals surface area contributed by atoms with E-state index >= 15 is 0 Å². The van der Waals surface area contributed by atoms with Crippen molar-refractivity contribution in [1.82, 2.24) is 5.32 Å². The molecule has 138 valence electrons. The molecule has 0 unspecified atom stereocenters. The average Bonchev–Trinajstić information content (AvgIpc) is 2.90. The van der Waals surface area contributed by atoms with Gasteiger partial charge in [0, 0.05) is 6.04 Å². The molecule has 1 fully saturated rings. The highest BCUT2D eigenvalue weighted by Crippen LogP contribution is 2.18. The second kappa shape index (κ2) is 8.84. The van der Waals surface area contributed by atoms with E-state index < -0.39 is 6.10 Å². The van der Waals surface area contributed by atoms with Gasteiger partial charge in [-0.3, -0.25) is 9.59 Å². The normalized spacial score (nSPS) is 16.7. The predicted octanol–water partition coefficient (Wildman–Crippen LogP) is 4.15. The lowest BCUT2D eigenvalue weighted by Gasteiger charge is -2.19. The molecule has 0 bridgehead atoms. The minimum Gasteiger partial charge on any atom is -0.452 e. The Morgan fingerprint density at radius 2 is 1.73 bits per heavy atom. The molecule has 0 radical (unpaired) electrons. The Morgan fingerprint density at radius 3 is 2.46 bits per heavy atom. The molecule has 0 saturated heterocycles. The fourth-order valence-electron chi connectivity index (χ4n) is 3.55. The molecular weight excluding hydrogens is 326 g/mol. The number of carbonyl (C=O) groups is 2. The molecule has 0 aromatic heterocycles. The van der Waals surface area contributed by atoms with Gasteiger partial charge < -0.3 is 10.1 Å². The molecule has 1 aliphatic rings. The average molecular weight is 353 g/mol. The number of ether oxygens (including phenoxy) is 1. The van der Waals surface area contributed by atoms with Crippen molar-refractivity contribution >= 4 is 22.6 Å². The van der Waals surface area contributed by atoms with Crippen molar-refractivity contribution in [1.29, 1.82) is 0 Å². The largest absolute Gasteiger partial charge is 0.452 e. The molecule has 0 spiro atoms. The van der Waals surface area contributed by atoms with Gasteiger partial charge >= 0.3 is 5.97 Å². The van der Waals surface area contributed by atoms with Crippen LogP contribution in [0.25, 0.3) is 10.8 Å². The van der Waals surface area contributed by atoms with Crippen LogP contribution in [0.3, 0.4) is 0 Å². The van der Waals surface area contributed by atoms with Crippen LogP contribution in [0.15, 0.2) is 42.5 Å². The zero-order valence-electron chi connectivity index (χ0n) is 15.4. The van der Waals surface area contributed by atoms with Crippen LogP contribution >= 0.6 is 0 Å². The topological polar surface area (TPSA) is 55.4 Å². The second-order valence-corrected chi connectivity index (χ2v) is 7.19. The highest BCUT2D eigenvalue weighted by atomic mass is 16.5. The number of rotatable bonds is 5. The fourth-order valence-corrected chi connectivity index (χ4v) is 3.55. The molecule has 0 heterocycles. The van der Waals surface area contributed by atoms with Gasteiger partial charge in [0.25, 0.3) is 5.91 Å². The Hall–Kier alpha value is -2.36. The Labute approximate surface area is 154 Å². The molecule has 1 aliphatic carbocycles. The molecular formula is C22H27NO3. The summed E-state index contributed by atoms with van der Waals surface area (Å²) in [6.07, 6.45) is 6.23. The Bertz CT molecular complexity index is 763. The summed E-state index contributed by atoms with van der Waals surface area (Å²) < 4.78 is 5.35. The molecule has 4 nitrogen and oxygen atoms in total. The molecule has 4 heteroatoms. The maximum absolute atomic E-state index is 12.3. The molecule has 1 amide bonds. The van der Waals surface area contributed by atoms with E-state index in [1.807, 2.05) is 42.5 Å². The van der Waals surface area contributed by atoms with Gasteiger partial charge in [0.05, 0.1) is 6.42 Å². The van der Waals surface area contributed by atoms with Crippen LogP contribution < -0.4 is 5.32 Å². The number of fused-ring (bicyclic) bond motifs is 1. The maximum Gasteiger partial charge on any atom is 0.311 e. The summed E-state index contributed by atoms with van der Waals surface area (Å²) in [5.74, 6) is -0.562. The van der Waals surface area contributed by atoms with Gasteiger partial charge in [-0.1, -0.05) is 68.1 Å². The van der Waals surface area contributed by atoms with Crippen LogP contribution in [0.1, 0.15) is 51.0 Å². The first-order chi connectivity index (χ1) is 12.6. The van der Waals surface area contributed by atoms with Crippen LogP contribution in [-0.2, 0) is 20.7 Å². The Morgan fingerprint density at radius 1 is 1.04 bits per heavy atom. The molecule has 0 aliphatic heterocycles. The number of benzene rings is 2. The third kappa shape index (κ3) is 5.07. The highest BCUT2D eigenvalue weighted by molar-refractivity contribution is 5.86. The van der Waals surface area contributed by atoms with Crippen molar-refractivity contribution in [3.8, 4) is 0 Å². The van der Waals surface area contributed by atoms with Gasteiger partial charge in [-0.05, 0) is 36.1 Å². The number of carbonyl (C=O) groups excluding carboxylic acids is 2. The first-order valence-electron chi connectivity index (χ1n) is 9.59. The molecule has 1 N–H and O–H groups in total. The first kappa shape index (κ1) is 18.4. The third-order valence-electron chi connectivity index (χ3n) is 5.04. The van der Waals surface area contributed by atoms with E-state index in [1.165, 1.54) is 12.8 Å². The van der Waals surface area contributed by atoms with E-state index in [-0.39, 0.29) is 24.3 Å². The summed E-state index contributed by atoms with van der Waals surface area (Å²) in [6, 6.07) is 14.2. The SMILES string of the molecule is C[C@H](OC(=O)Cc1ccc2ccccc2c1)C(=O)NC1CCCCCC1. The maximum atomic E-state index is 12.3. The number of esters is 1. The lowest BCUT2D eigenvalue weighted by Crippen LogP contribution is -2.42. The summed E-state index contributed by atoms with van der Waals surface area (Å²) in [5, 5.41) is 5.27. The van der Waals surface area contributed by atoms with E-state index in [9.17, 15) is 9.59 Å². The Kier molecular flexibility index (Phi) is 6.26. The standard InChI is InChI=1S/C22H27NO3/c1-16(22(25)23-20-10-4-2-3-5-11-20)26-21(24)15-17-12-13-18-8-6-7-9-19(18)14-17/h6-9,12-14,16,20H,2-5,10-11,15H2,1H3,(H,23,25)/t16-/m0/s1. The van der Waals surface area contributed by atoms with Crippen LogP contribution in [-0.4, -0.2) is 24.0 Å². The quantitative estimate of drug-likeness (QED) is 0.649. The second-order valence-electron chi connectivity index (χ2n) is 7.19. The van der Waals surface area contributed by atoms with Crippen molar-refractivity contribution in [3.63, 3.8) is 0 Å². The minimum absolute atomic E-state index is 0.173. The third-order valence-corrected chi connectivity index (χ3v) is 5.04. The van der Waals surface area contributed by atoms with E-state index in [0.717, 1.165) is 42.0 Å². The summed E-state index contributed by atoms with van der Waals surface area (Å²) in [4.78, 5) is 24.5. The van der Waals surface area contributed by atoms with Gasteiger partial charge in [0.1, 0.15) is 0 Å². The number of hydrogen-bond acceptors (Lipinski definition) is 3. The molecule has 2 aromatic rings. The summed E-state index contributed by atoms with van der Waals surface area (Å²) >= 11 is 0. The van der Waals surface area contributed by atoms with Crippen molar-refractivity contribution in [3.05, 3.63) is 48.0 Å². The van der Waals surface area contributed by atoms with E-state index in [1.54, 1.807) is 6.92 Å². The van der Waals surface area contributed by atoms with Crippen LogP contribution in [0.5, 0.6) is 0 Å². The lowest BCUT2D eigenvalue weighted by atomic mass is 10.1. The first-order valence-corrected chi connectivity index (χ1v) is 9.59. The van der Waals surface area contributed by atoms with Gasteiger partial charge in [-0.25, -0.2) is 0 Å². The molecule has 1 atom stereocenters. The van der Waals surface area contributed by atoms with Crippen molar-refractivity contribution in [2.75, 3.05) is 0 Å². The summed E-state index contributed by atoms with van der Waals surface area (Å²) in [5.41, 5.74) is 0.894. The van der Waals surface area contributed by atoms with Gasteiger partial charge in [-0.2, -0.15) is 0 Å². The number of amides is 1. The van der Waals surface area contributed by atoms with Gasteiger partial charge in [0.2, 0.25) is 0 Å². The molecule has 26 heavy (non-hydrogen) atoms.